The molecule has 6 N–H and O–H groups in total. The Morgan fingerprint density at radius 1 is 0.477 bits per heavy atom. The molecule has 4 spiro atoms. The smallest absolute Gasteiger partial charge is 0.328 e. The Hall–Kier alpha value is -6.86. The average Bonchev–Trinajstić information content (AvgIpc) is 0.789. The van der Waals surface area contributed by atoms with Crippen LogP contribution in [0.15, 0.2) is 48.5 Å². The van der Waals surface area contributed by atoms with Gasteiger partial charge in [0.15, 0.2) is 0 Å². The Morgan fingerprint density at radius 2 is 0.795 bits per heavy atom. The minimum absolute atomic E-state index is 0.00712. The highest BCUT2D eigenvalue weighted by Gasteiger charge is 2.66. The summed E-state index contributed by atoms with van der Waals surface area (Å²) in [7, 11) is 2.48. The maximum Gasteiger partial charge on any atom is 0.328 e. The van der Waals surface area contributed by atoms with E-state index in [9.17, 15) is 38.4 Å². The first kappa shape index (κ1) is 65.6. The zero-order valence-electron chi connectivity index (χ0n) is 53.1. The molecular weight excluding hydrogens is 1120 g/mol. The van der Waals surface area contributed by atoms with Gasteiger partial charge in [0.1, 0.15) is 47.8 Å². The van der Waals surface area contributed by atoms with Gasteiger partial charge in [0.2, 0.25) is 35.4 Å². The molecule has 20 heteroatoms. The van der Waals surface area contributed by atoms with Gasteiger partial charge in [-0.15, -0.1) is 0 Å². The zero-order chi connectivity index (χ0) is 63.6. The summed E-state index contributed by atoms with van der Waals surface area (Å²) in [5.41, 5.74) is -2.75. The van der Waals surface area contributed by atoms with E-state index in [4.69, 9.17) is 18.9 Å². The van der Waals surface area contributed by atoms with Crippen LogP contribution >= 0.6 is 0 Å². The average molecular weight is 1220 g/mol. The molecule has 6 atom stereocenters. The number of fused-ring (bicyclic) bond motifs is 2. The number of hydrogen-bond acceptors (Lipinski definition) is 14. The van der Waals surface area contributed by atoms with Crippen LogP contribution in [0.2, 0.25) is 0 Å². The molecule has 0 saturated heterocycles. The SMILES string of the molecule is COC(=O)C(CC(C)C)NC(=O)C1Cc2ccc(cc2)OC(=O)C23CC4CC(C2)CC(C4)(C3)C(=O)Oc2ccc(cc2)CC(C(=O)NC(CC(C)C)C(=O)OC)NC(=O)C(CC(C)C)NC(=O)C23CC4CC(CC(C4)(C2)C(=O)NC(CC(C)C)C(=O)N1)C3. The number of benzene rings is 2. The molecule has 88 heavy (non-hydrogen) atoms. The lowest BCUT2D eigenvalue weighted by Crippen LogP contribution is -2.64. The second kappa shape index (κ2) is 26.7. The van der Waals surface area contributed by atoms with Crippen LogP contribution in [0.4, 0.5) is 0 Å². The first-order valence-corrected chi connectivity index (χ1v) is 32.2. The van der Waals surface area contributed by atoms with Crippen molar-refractivity contribution in [2.24, 2.45) is 69.0 Å². The summed E-state index contributed by atoms with van der Waals surface area (Å²) in [6, 6.07) is 6.61. The monoisotopic (exact) mass is 1220 g/mol. The number of rotatable bonds is 14. The summed E-state index contributed by atoms with van der Waals surface area (Å²) in [6.07, 6.45) is 7.28. The molecule has 6 unspecified atom stereocenters. The van der Waals surface area contributed by atoms with Crippen LogP contribution in [-0.4, -0.2) is 110 Å². The molecule has 2 aromatic rings. The molecule has 8 aliphatic carbocycles. The fraction of sp³-hybridized carbons (Fsp3) is 0.676. The van der Waals surface area contributed by atoms with Crippen LogP contribution in [0.25, 0.3) is 0 Å². The van der Waals surface area contributed by atoms with Gasteiger partial charge in [-0.05, 0) is 185 Å². The highest BCUT2D eigenvalue weighted by Crippen LogP contribution is 2.67. The summed E-state index contributed by atoms with van der Waals surface area (Å²) in [5, 5.41) is 17.8. The first-order chi connectivity index (χ1) is 41.6. The topological polar surface area (TPSA) is 280 Å². The maximum absolute atomic E-state index is 15.2. The Labute approximate surface area is 517 Å². The molecule has 480 valence electrons. The molecule has 11 aliphatic rings. The van der Waals surface area contributed by atoms with Gasteiger partial charge in [-0.2, -0.15) is 0 Å². The van der Waals surface area contributed by atoms with Crippen molar-refractivity contribution in [2.75, 3.05) is 14.2 Å². The van der Waals surface area contributed by atoms with Gasteiger partial charge in [0.25, 0.3) is 0 Å². The summed E-state index contributed by atoms with van der Waals surface area (Å²) in [4.78, 5) is 145. The quantitative estimate of drug-likeness (QED) is 0.0829. The van der Waals surface area contributed by atoms with Crippen LogP contribution in [0.5, 0.6) is 11.5 Å². The van der Waals surface area contributed by atoms with E-state index < -0.39 is 105 Å². The summed E-state index contributed by atoms with van der Waals surface area (Å²) >= 11 is 0. The molecule has 6 amide bonds. The molecular formula is C68H94N6O14. The van der Waals surface area contributed by atoms with E-state index in [2.05, 4.69) is 31.9 Å². The van der Waals surface area contributed by atoms with Crippen molar-refractivity contribution in [2.45, 2.75) is 207 Å². The second-order valence-electron chi connectivity index (χ2n) is 29.4. The van der Waals surface area contributed by atoms with Crippen molar-refractivity contribution in [1.82, 2.24) is 31.9 Å². The van der Waals surface area contributed by atoms with Crippen LogP contribution in [0.3, 0.4) is 0 Å². The zero-order valence-corrected chi connectivity index (χ0v) is 53.1. The number of ether oxygens (including phenoxy) is 4. The third kappa shape index (κ3) is 14.7. The molecule has 0 aromatic heterocycles. The minimum atomic E-state index is -1.25. The van der Waals surface area contributed by atoms with E-state index in [1.165, 1.54) is 14.2 Å². The Bertz CT molecular complexity index is 2760. The number of nitrogens with one attached hydrogen (secondary N) is 6. The van der Waals surface area contributed by atoms with Crippen LogP contribution in [0, 0.1) is 69.0 Å². The largest absolute Gasteiger partial charge is 0.467 e. The highest BCUT2D eigenvalue weighted by atomic mass is 16.5. The molecule has 3 aliphatic heterocycles. The molecule has 0 radical (unpaired) electrons. The van der Waals surface area contributed by atoms with Gasteiger partial charge in [-0.1, -0.05) is 79.7 Å². The number of carbonyl (C=O) groups is 10. The predicted octanol–water partition coefficient (Wildman–Crippen LogP) is 6.91. The number of hydrogen-bond donors (Lipinski definition) is 6. The van der Waals surface area contributed by atoms with Crippen molar-refractivity contribution in [1.29, 1.82) is 0 Å². The Morgan fingerprint density at radius 3 is 1.10 bits per heavy atom. The summed E-state index contributed by atoms with van der Waals surface area (Å²) < 4.78 is 22.5. The van der Waals surface area contributed by atoms with Gasteiger partial charge < -0.3 is 50.8 Å². The summed E-state index contributed by atoms with van der Waals surface area (Å²) in [6.45, 7) is 15.3. The fourth-order valence-corrected chi connectivity index (χ4v) is 17.0. The lowest BCUT2D eigenvalue weighted by Gasteiger charge is -2.60. The molecule has 13 rings (SSSR count). The lowest BCUT2D eigenvalue weighted by atomic mass is 9.43. The minimum Gasteiger partial charge on any atom is -0.467 e. The second-order valence-corrected chi connectivity index (χ2v) is 29.4. The predicted molar refractivity (Wildman–Crippen MR) is 324 cm³/mol. The van der Waals surface area contributed by atoms with Crippen molar-refractivity contribution >= 4 is 59.3 Å². The molecule has 8 saturated carbocycles. The van der Waals surface area contributed by atoms with Crippen molar-refractivity contribution in [3.63, 3.8) is 0 Å². The van der Waals surface area contributed by atoms with Crippen LogP contribution in [-0.2, 0) is 70.3 Å². The van der Waals surface area contributed by atoms with Gasteiger partial charge in [0, 0.05) is 12.8 Å². The van der Waals surface area contributed by atoms with E-state index in [0.29, 0.717) is 62.5 Å². The molecule has 2 aromatic carbocycles. The third-order valence-corrected chi connectivity index (χ3v) is 20.0. The number of amides is 6. The fourth-order valence-electron chi connectivity index (χ4n) is 17.0. The molecule has 12 bridgehead atoms. The standard InChI is InChI=1S/C68H94N6O14/c1-37(2)19-49-55(75)69-51(57(77)71-53(21-39(5)6)59(79)85-9)25-41-11-15-47(16-12-41)87-63(83)67-31-45-24-46(32-67)34-68(33-45,36-67)64(84)88-48-17-13-42(14-18-48)26-52(58(78)72-54(22-40(7)8)60(80)86-10)70-56(76)50(20-38(3)4)74-62(82)66-29-43-23-44(30-66)28-65(27-43,35-66)61(81)73-49/h11-18,37-40,43-46,49-54H,19-36H2,1-10H3,(H,69,75)(H,70,76)(H,71,77)(H,72,78)(H,73,81)(H,74,82). The number of carbonyl (C=O) groups excluding carboxylic acids is 10. The van der Waals surface area contributed by atoms with Crippen LogP contribution in [0.1, 0.15) is 169 Å². The Balaban J connectivity index is 1.06. The maximum atomic E-state index is 15.2. The van der Waals surface area contributed by atoms with E-state index in [0.717, 1.165) is 12.8 Å². The van der Waals surface area contributed by atoms with Gasteiger partial charge in [-0.3, -0.25) is 38.4 Å². The van der Waals surface area contributed by atoms with Crippen molar-refractivity contribution in [3.05, 3.63) is 59.7 Å². The van der Waals surface area contributed by atoms with Gasteiger partial charge in [-0.25, -0.2) is 9.59 Å². The van der Waals surface area contributed by atoms with E-state index >= 15 is 9.59 Å². The van der Waals surface area contributed by atoms with Crippen molar-refractivity contribution in [3.8, 4) is 11.5 Å². The third-order valence-electron chi connectivity index (χ3n) is 20.0. The highest BCUT2D eigenvalue weighted by molar-refractivity contribution is 5.97. The lowest BCUT2D eigenvalue weighted by molar-refractivity contribution is -0.183. The van der Waals surface area contributed by atoms with Gasteiger partial charge in [0.05, 0.1) is 35.9 Å². The van der Waals surface area contributed by atoms with E-state index in [1.54, 1.807) is 48.5 Å². The summed E-state index contributed by atoms with van der Waals surface area (Å²) in [5.74, 6) is -4.89. The van der Waals surface area contributed by atoms with Crippen LogP contribution < -0.4 is 41.4 Å². The van der Waals surface area contributed by atoms with E-state index in [1.807, 2.05) is 55.4 Å². The van der Waals surface area contributed by atoms with Gasteiger partial charge >= 0.3 is 23.9 Å². The normalized spacial score (nSPS) is 32.2. The number of esters is 4. The Kier molecular flexibility index (Phi) is 19.9. The molecule has 8 fully saturated rings. The van der Waals surface area contributed by atoms with Crippen molar-refractivity contribution < 1.29 is 66.9 Å². The van der Waals surface area contributed by atoms with E-state index in [-0.39, 0.29) is 122 Å². The molecule has 20 nitrogen and oxygen atoms in total. The first-order valence-electron chi connectivity index (χ1n) is 32.2. The molecule has 3 heterocycles. The number of methoxy groups -OCH3 is 2.